The zero-order chi connectivity index (χ0) is 6.85. The first-order valence-corrected chi connectivity index (χ1v) is 3.08. The van der Waals surface area contributed by atoms with Gasteiger partial charge in [-0.2, -0.15) is 0 Å². The topological polar surface area (TPSA) is 15.8 Å². The molecule has 0 spiro atoms. The van der Waals surface area contributed by atoms with Crippen molar-refractivity contribution < 1.29 is 0 Å². The lowest BCUT2D eigenvalue weighted by Gasteiger charge is -1.91. The van der Waals surface area contributed by atoms with Crippen LogP contribution in [-0.4, -0.2) is 4.98 Å². The first-order chi connectivity index (χ1) is 4.22. The summed E-state index contributed by atoms with van der Waals surface area (Å²) in [6, 6.07) is 0. The molecule has 0 amide bonds. The third kappa shape index (κ3) is 1.16. The molecule has 0 aliphatic carbocycles. The van der Waals surface area contributed by atoms with Crippen LogP contribution < -0.4 is 0 Å². The van der Waals surface area contributed by atoms with E-state index in [0.717, 1.165) is 16.2 Å². The van der Waals surface area contributed by atoms with E-state index in [1.807, 2.05) is 13.1 Å². The average Bonchev–Trinajstić information content (AvgIpc) is 2.13. The Morgan fingerprint density at radius 1 is 1.67 bits per heavy atom. The molecule has 1 N–H and O–H groups in total. The molecule has 0 saturated heterocycles. The Bertz CT molecular complexity index is 225. The number of H-pyrrole nitrogens is 1. The molecule has 48 valence electrons. The fraction of sp³-hybridized carbons (Fsp3) is 0.143. The van der Waals surface area contributed by atoms with Crippen molar-refractivity contribution in [2.75, 3.05) is 0 Å². The number of nitrogens with one attached hydrogen (secondary N) is 1. The summed E-state index contributed by atoms with van der Waals surface area (Å²) in [5.74, 6) is 0. The second-order valence-corrected chi connectivity index (χ2v) is 2.40. The molecule has 0 saturated carbocycles. The van der Waals surface area contributed by atoms with Gasteiger partial charge in [0.2, 0.25) is 0 Å². The molecule has 0 aliphatic rings. The van der Waals surface area contributed by atoms with E-state index in [9.17, 15) is 0 Å². The third-order valence-corrected chi connectivity index (χ3v) is 1.47. The van der Waals surface area contributed by atoms with Crippen LogP contribution >= 0.6 is 11.6 Å². The molecule has 0 fully saturated rings. The fourth-order valence-corrected chi connectivity index (χ4v) is 0.951. The second kappa shape index (κ2) is 2.28. The molecule has 0 radical (unpaired) electrons. The Morgan fingerprint density at radius 2 is 2.33 bits per heavy atom. The smallest absolute Gasteiger partial charge is 0.0655 e. The van der Waals surface area contributed by atoms with Gasteiger partial charge in [0.1, 0.15) is 0 Å². The fourth-order valence-electron chi connectivity index (χ4n) is 0.672. The zero-order valence-electron chi connectivity index (χ0n) is 5.24. The van der Waals surface area contributed by atoms with Crippen LogP contribution in [0.15, 0.2) is 19.0 Å². The van der Waals surface area contributed by atoms with E-state index in [2.05, 4.69) is 11.6 Å². The van der Waals surface area contributed by atoms with Gasteiger partial charge < -0.3 is 4.98 Å². The highest BCUT2D eigenvalue weighted by Gasteiger charge is 1.98. The van der Waals surface area contributed by atoms with Gasteiger partial charge in [0, 0.05) is 18.0 Å². The molecule has 1 heterocycles. The van der Waals surface area contributed by atoms with Crippen molar-refractivity contribution in [2.24, 2.45) is 0 Å². The van der Waals surface area contributed by atoms with Crippen molar-refractivity contribution in [2.45, 2.75) is 6.92 Å². The van der Waals surface area contributed by atoms with Crippen LogP contribution in [0.1, 0.15) is 12.5 Å². The van der Waals surface area contributed by atoms with E-state index >= 15 is 0 Å². The molecule has 2 heteroatoms. The van der Waals surface area contributed by atoms with Gasteiger partial charge in [-0.05, 0) is 12.5 Å². The van der Waals surface area contributed by atoms with Gasteiger partial charge in [-0.3, -0.25) is 0 Å². The molecule has 0 unspecified atom stereocenters. The minimum absolute atomic E-state index is 0.738. The number of rotatable bonds is 1. The maximum Gasteiger partial charge on any atom is 0.0655 e. The molecule has 0 bridgehead atoms. The minimum atomic E-state index is 0.738. The SMILES string of the molecule is C=C(C)c1c[nH]cc1Cl. The summed E-state index contributed by atoms with van der Waals surface area (Å²) in [7, 11) is 0. The summed E-state index contributed by atoms with van der Waals surface area (Å²) in [6.45, 7) is 5.68. The number of halogens is 1. The van der Waals surface area contributed by atoms with Crippen LogP contribution in [0.5, 0.6) is 0 Å². The normalized spacial score (nSPS) is 9.56. The molecule has 0 atom stereocenters. The summed E-state index contributed by atoms with van der Waals surface area (Å²) in [6.07, 6.45) is 3.58. The molecule has 0 aliphatic heterocycles. The Kier molecular flexibility index (Phi) is 1.63. The van der Waals surface area contributed by atoms with Crippen LogP contribution in [0.4, 0.5) is 0 Å². The maximum absolute atomic E-state index is 5.74. The number of aromatic nitrogens is 1. The van der Waals surface area contributed by atoms with Crippen molar-refractivity contribution in [3.8, 4) is 0 Å². The Morgan fingerprint density at radius 3 is 2.56 bits per heavy atom. The van der Waals surface area contributed by atoms with Crippen molar-refractivity contribution in [3.63, 3.8) is 0 Å². The van der Waals surface area contributed by atoms with E-state index in [1.165, 1.54) is 0 Å². The van der Waals surface area contributed by atoms with Gasteiger partial charge in [0.25, 0.3) is 0 Å². The highest BCUT2D eigenvalue weighted by atomic mass is 35.5. The summed E-state index contributed by atoms with van der Waals surface area (Å²) in [4.78, 5) is 2.89. The summed E-state index contributed by atoms with van der Waals surface area (Å²) in [5, 5.41) is 0.738. The monoisotopic (exact) mass is 141 g/mol. The van der Waals surface area contributed by atoms with Gasteiger partial charge in [-0.1, -0.05) is 18.2 Å². The van der Waals surface area contributed by atoms with Crippen LogP contribution in [0.3, 0.4) is 0 Å². The van der Waals surface area contributed by atoms with Crippen LogP contribution in [0, 0.1) is 0 Å². The van der Waals surface area contributed by atoms with E-state index in [-0.39, 0.29) is 0 Å². The number of allylic oxidation sites excluding steroid dienone is 1. The molecule has 1 aromatic rings. The van der Waals surface area contributed by atoms with E-state index in [4.69, 9.17) is 11.6 Å². The van der Waals surface area contributed by atoms with Gasteiger partial charge in [0.05, 0.1) is 5.02 Å². The molecular formula is C7H8ClN. The summed E-state index contributed by atoms with van der Waals surface area (Å²) in [5.41, 5.74) is 1.98. The number of aromatic amines is 1. The lowest BCUT2D eigenvalue weighted by atomic mass is 10.2. The quantitative estimate of drug-likeness (QED) is 0.619. The van der Waals surface area contributed by atoms with Crippen LogP contribution in [0.2, 0.25) is 5.02 Å². The third-order valence-electron chi connectivity index (χ3n) is 1.15. The maximum atomic E-state index is 5.74. The lowest BCUT2D eigenvalue weighted by molar-refractivity contribution is 1.41. The van der Waals surface area contributed by atoms with Gasteiger partial charge in [-0.25, -0.2) is 0 Å². The van der Waals surface area contributed by atoms with Crippen LogP contribution in [-0.2, 0) is 0 Å². The molecular weight excluding hydrogens is 134 g/mol. The Labute approximate surface area is 59.3 Å². The van der Waals surface area contributed by atoms with E-state index in [0.29, 0.717) is 0 Å². The van der Waals surface area contributed by atoms with Gasteiger partial charge in [-0.15, -0.1) is 0 Å². The van der Waals surface area contributed by atoms with Crippen LogP contribution in [0.25, 0.3) is 5.57 Å². The van der Waals surface area contributed by atoms with Crippen molar-refractivity contribution in [1.82, 2.24) is 4.98 Å². The zero-order valence-corrected chi connectivity index (χ0v) is 6.00. The second-order valence-electron chi connectivity index (χ2n) is 2.00. The van der Waals surface area contributed by atoms with Crippen molar-refractivity contribution in [3.05, 3.63) is 29.6 Å². The largest absolute Gasteiger partial charge is 0.366 e. The Balaban J connectivity index is 3.08. The molecule has 9 heavy (non-hydrogen) atoms. The highest BCUT2D eigenvalue weighted by Crippen LogP contribution is 2.20. The van der Waals surface area contributed by atoms with Crippen molar-refractivity contribution in [1.29, 1.82) is 0 Å². The van der Waals surface area contributed by atoms with E-state index < -0.39 is 0 Å². The average molecular weight is 142 g/mol. The van der Waals surface area contributed by atoms with E-state index in [1.54, 1.807) is 6.20 Å². The number of hydrogen-bond donors (Lipinski definition) is 1. The van der Waals surface area contributed by atoms with Gasteiger partial charge >= 0.3 is 0 Å². The first kappa shape index (κ1) is 6.43. The summed E-state index contributed by atoms with van der Waals surface area (Å²) < 4.78 is 0. The lowest BCUT2D eigenvalue weighted by Crippen LogP contribution is -1.69. The predicted octanol–water partition coefficient (Wildman–Crippen LogP) is 2.70. The summed E-state index contributed by atoms with van der Waals surface area (Å²) >= 11 is 5.74. The molecule has 1 rings (SSSR count). The van der Waals surface area contributed by atoms with Gasteiger partial charge in [0.15, 0.2) is 0 Å². The molecule has 0 aromatic carbocycles. The van der Waals surface area contributed by atoms with Crippen molar-refractivity contribution >= 4 is 17.2 Å². The molecule has 1 aromatic heterocycles. The molecule has 1 nitrogen and oxygen atoms in total. The number of hydrogen-bond acceptors (Lipinski definition) is 0. The standard InChI is InChI=1S/C7H8ClN/c1-5(2)6-3-9-4-7(6)8/h3-4,9H,1H2,2H3. The minimum Gasteiger partial charge on any atom is -0.366 e. The highest BCUT2D eigenvalue weighted by molar-refractivity contribution is 6.32. The predicted molar refractivity (Wildman–Crippen MR) is 40.5 cm³/mol. The first-order valence-electron chi connectivity index (χ1n) is 2.70. The Hall–Kier alpha value is -0.690.